The number of anilines is 1. The minimum absolute atomic E-state index is 0.139. The maximum absolute atomic E-state index is 13.1. The molecule has 5 nitrogen and oxygen atoms in total. The van der Waals surface area contributed by atoms with E-state index in [1.165, 1.54) is 12.1 Å². The number of rotatable bonds is 5. The summed E-state index contributed by atoms with van der Waals surface area (Å²) in [6.45, 7) is 0. The SMILES string of the molecule is COc1ccc2nc(SCC(=O)Nc3c(Cl)cccc3C(F)(F)F)[nH]c2c1. The summed E-state index contributed by atoms with van der Waals surface area (Å²) in [4.78, 5) is 19.4. The summed E-state index contributed by atoms with van der Waals surface area (Å²) >= 11 is 6.89. The standard InChI is InChI=1S/C17H13ClF3N3O2S/c1-26-9-5-6-12-13(7-9)23-16(22-12)27-8-14(25)24-15-10(17(19,20)21)3-2-4-11(15)18/h2-7H,8H2,1H3,(H,22,23)(H,24,25). The van der Waals surface area contributed by atoms with Crippen molar-refractivity contribution >= 4 is 46.0 Å². The molecule has 0 bridgehead atoms. The second-order valence-corrected chi connectivity index (χ2v) is 6.79. The highest BCUT2D eigenvalue weighted by atomic mass is 35.5. The molecule has 0 atom stereocenters. The number of fused-ring (bicyclic) bond motifs is 1. The van der Waals surface area contributed by atoms with Crippen molar-refractivity contribution in [2.24, 2.45) is 0 Å². The van der Waals surface area contributed by atoms with E-state index in [1.807, 2.05) is 0 Å². The van der Waals surface area contributed by atoms with E-state index in [2.05, 4.69) is 15.3 Å². The van der Waals surface area contributed by atoms with Gasteiger partial charge in [-0.05, 0) is 24.3 Å². The van der Waals surface area contributed by atoms with Gasteiger partial charge >= 0.3 is 6.18 Å². The van der Waals surface area contributed by atoms with Gasteiger partial charge in [0, 0.05) is 6.07 Å². The normalized spacial score (nSPS) is 11.6. The largest absolute Gasteiger partial charge is 0.497 e. The van der Waals surface area contributed by atoms with Crippen LogP contribution in [0.3, 0.4) is 0 Å². The van der Waals surface area contributed by atoms with Crippen molar-refractivity contribution in [3.63, 3.8) is 0 Å². The van der Waals surface area contributed by atoms with E-state index >= 15 is 0 Å². The smallest absolute Gasteiger partial charge is 0.418 e. The number of amides is 1. The number of benzene rings is 2. The Morgan fingerprint density at radius 3 is 2.81 bits per heavy atom. The summed E-state index contributed by atoms with van der Waals surface area (Å²) < 4.78 is 44.3. The van der Waals surface area contributed by atoms with Crippen LogP contribution in [0.25, 0.3) is 11.0 Å². The van der Waals surface area contributed by atoms with E-state index < -0.39 is 23.3 Å². The average molecular weight is 416 g/mol. The summed E-state index contributed by atoms with van der Waals surface area (Å²) in [5.41, 5.74) is -0.0392. The number of imidazole rings is 1. The molecular formula is C17H13ClF3N3O2S. The van der Waals surface area contributed by atoms with E-state index in [0.717, 1.165) is 23.3 Å². The lowest BCUT2D eigenvalue weighted by Gasteiger charge is -2.14. The minimum Gasteiger partial charge on any atom is -0.497 e. The first-order chi connectivity index (χ1) is 12.8. The number of methoxy groups -OCH3 is 1. The highest BCUT2D eigenvalue weighted by molar-refractivity contribution is 7.99. The summed E-state index contributed by atoms with van der Waals surface area (Å²) in [5, 5.41) is 2.51. The van der Waals surface area contributed by atoms with Crippen molar-refractivity contribution < 1.29 is 22.7 Å². The molecule has 27 heavy (non-hydrogen) atoms. The lowest BCUT2D eigenvalue weighted by atomic mass is 10.1. The van der Waals surface area contributed by atoms with E-state index in [9.17, 15) is 18.0 Å². The van der Waals surface area contributed by atoms with Gasteiger partial charge in [0.2, 0.25) is 5.91 Å². The quantitative estimate of drug-likeness (QED) is 0.577. The van der Waals surface area contributed by atoms with Crippen LogP contribution in [0.1, 0.15) is 5.56 Å². The van der Waals surface area contributed by atoms with Crippen LogP contribution in [0.4, 0.5) is 18.9 Å². The number of aromatic amines is 1. The van der Waals surface area contributed by atoms with Gasteiger partial charge < -0.3 is 15.0 Å². The van der Waals surface area contributed by atoms with Crippen molar-refractivity contribution in [3.05, 3.63) is 47.0 Å². The molecule has 1 aromatic heterocycles. The lowest BCUT2D eigenvalue weighted by Crippen LogP contribution is -2.18. The van der Waals surface area contributed by atoms with Crippen molar-refractivity contribution in [2.45, 2.75) is 11.3 Å². The number of nitrogens with one attached hydrogen (secondary N) is 2. The number of nitrogens with zero attached hydrogens (tertiary/aromatic N) is 1. The molecule has 0 fully saturated rings. The molecule has 0 spiro atoms. The van der Waals surface area contributed by atoms with Crippen LogP contribution >= 0.6 is 23.4 Å². The monoisotopic (exact) mass is 415 g/mol. The van der Waals surface area contributed by atoms with Crippen molar-refractivity contribution in [3.8, 4) is 5.75 Å². The highest BCUT2D eigenvalue weighted by Crippen LogP contribution is 2.38. The Hall–Kier alpha value is -2.39. The zero-order chi connectivity index (χ0) is 19.6. The molecule has 1 amide bonds. The predicted octanol–water partition coefficient (Wildman–Crippen LogP) is 4.97. The molecular weight excluding hydrogens is 403 g/mol. The molecule has 2 aromatic carbocycles. The first-order valence-electron chi connectivity index (χ1n) is 7.60. The average Bonchev–Trinajstić information content (AvgIpc) is 3.02. The summed E-state index contributed by atoms with van der Waals surface area (Å²) in [6.07, 6.45) is -4.63. The van der Waals surface area contributed by atoms with Crippen molar-refractivity contribution in [1.29, 1.82) is 0 Å². The topological polar surface area (TPSA) is 67.0 Å². The number of hydrogen-bond donors (Lipinski definition) is 2. The maximum atomic E-state index is 13.1. The Kier molecular flexibility index (Phi) is 5.52. The molecule has 0 radical (unpaired) electrons. The third-order valence-electron chi connectivity index (χ3n) is 3.59. The van der Waals surface area contributed by atoms with Crippen LogP contribution in [0.5, 0.6) is 5.75 Å². The van der Waals surface area contributed by atoms with Crippen LogP contribution in [-0.4, -0.2) is 28.7 Å². The minimum atomic E-state index is -4.63. The number of alkyl halides is 3. The highest BCUT2D eigenvalue weighted by Gasteiger charge is 2.34. The number of carbonyl (C=O) groups is 1. The first-order valence-corrected chi connectivity index (χ1v) is 8.96. The molecule has 1 heterocycles. The van der Waals surface area contributed by atoms with Gasteiger partial charge in [0.15, 0.2) is 5.16 Å². The van der Waals surface area contributed by atoms with Gasteiger partial charge in [0.05, 0.1) is 40.2 Å². The van der Waals surface area contributed by atoms with E-state index in [0.29, 0.717) is 16.4 Å². The zero-order valence-electron chi connectivity index (χ0n) is 13.9. The third-order valence-corrected chi connectivity index (χ3v) is 4.78. The van der Waals surface area contributed by atoms with Crippen LogP contribution < -0.4 is 10.1 Å². The fourth-order valence-electron chi connectivity index (χ4n) is 2.36. The number of aromatic nitrogens is 2. The molecule has 3 aromatic rings. The molecule has 142 valence electrons. The molecule has 3 rings (SSSR count). The molecule has 2 N–H and O–H groups in total. The first kappa shape index (κ1) is 19.4. The molecule has 0 aliphatic rings. The molecule has 0 unspecified atom stereocenters. The molecule has 10 heteroatoms. The Bertz CT molecular complexity index is 991. The molecule has 0 aliphatic heterocycles. The van der Waals surface area contributed by atoms with Gasteiger partial charge in [-0.2, -0.15) is 13.2 Å². The number of hydrogen-bond acceptors (Lipinski definition) is 4. The summed E-state index contributed by atoms with van der Waals surface area (Å²) in [6, 6.07) is 8.59. The van der Waals surface area contributed by atoms with Gasteiger partial charge in [-0.25, -0.2) is 4.98 Å². The van der Waals surface area contributed by atoms with Crippen LogP contribution in [-0.2, 0) is 11.0 Å². The van der Waals surface area contributed by atoms with Crippen LogP contribution in [0.2, 0.25) is 5.02 Å². The zero-order valence-corrected chi connectivity index (χ0v) is 15.4. The molecule has 0 aliphatic carbocycles. The Labute approximate surface area is 161 Å². The van der Waals surface area contributed by atoms with Crippen LogP contribution in [0, 0.1) is 0 Å². The number of thioether (sulfide) groups is 1. The van der Waals surface area contributed by atoms with Gasteiger partial charge in [-0.15, -0.1) is 0 Å². The Morgan fingerprint density at radius 1 is 1.33 bits per heavy atom. The van der Waals surface area contributed by atoms with E-state index in [1.54, 1.807) is 25.3 Å². The van der Waals surface area contributed by atoms with E-state index in [-0.39, 0.29) is 10.8 Å². The number of ether oxygens (including phenoxy) is 1. The molecule has 0 saturated carbocycles. The fourth-order valence-corrected chi connectivity index (χ4v) is 3.26. The van der Waals surface area contributed by atoms with Crippen molar-refractivity contribution in [2.75, 3.05) is 18.2 Å². The lowest BCUT2D eigenvalue weighted by molar-refractivity contribution is -0.137. The second-order valence-electron chi connectivity index (χ2n) is 5.42. The fraction of sp³-hybridized carbons (Fsp3) is 0.176. The third kappa shape index (κ3) is 4.48. The number of halogens is 4. The predicted molar refractivity (Wildman–Crippen MR) is 98.5 cm³/mol. The van der Waals surface area contributed by atoms with Crippen molar-refractivity contribution in [1.82, 2.24) is 9.97 Å². The number of H-pyrrole nitrogens is 1. The second kappa shape index (κ2) is 7.69. The van der Waals surface area contributed by atoms with Crippen LogP contribution in [0.15, 0.2) is 41.6 Å². The molecule has 0 saturated heterocycles. The number of carbonyl (C=O) groups excluding carboxylic acids is 1. The van der Waals surface area contributed by atoms with Gasteiger partial charge in [-0.3, -0.25) is 4.79 Å². The van der Waals surface area contributed by atoms with Gasteiger partial charge in [-0.1, -0.05) is 29.4 Å². The maximum Gasteiger partial charge on any atom is 0.418 e. The van der Waals surface area contributed by atoms with E-state index in [4.69, 9.17) is 16.3 Å². The van der Waals surface area contributed by atoms with Gasteiger partial charge in [0.25, 0.3) is 0 Å². The summed E-state index contributed by atoms with van der Waals surface area (Å²) in [5.74, 6) is -0.116. The van der Waals surface area contributed by atoms with Gasteiger partial charge in [0.1, 0.15) is 5.75 Å². The Balaban J connectivity index is 1.70. The number of para-hydroxylation sites is 1. The Morgan fingerprint density at radius 2 is 2.11 bits per heavy atom. The summed E-state index contributed by atoms with van der Waals surface area (Å²) in [7, 11) is 1.54.